The van der Waals surface area contributed by atoms with Crippen LogP contribution in [0.15, 0.2) is 0 Å². The number of rotatable bonds is 0. The summed E-state index contributed by atoms with van der Waals surface area (Å²) in [4.78, 5) is 11.3. The van der Waals surface area contributed by atoms with Gasteiger partial charge in [-0.3, -0.25) is 4.79 Å². The van der Waals surface area contributed by atoms with Crippen LogP contribution in [0.3, 0.4) is 0 Å². The largest absolute Gasteiger partial charge is 0.465 e. The Morgan fingerprint density at radius 2 is 2.08 bits per heavy atom. The molecule has 0 amide bonds. The van der Waals surface area contributed by atoms with E-state index < -0.39 is 12.2 Å². The molecule has 0 radical (unpaired) electrons. The third-order valence-electron chi connectivity index (χ3n) is 3.90. The van der Waals surface area contributed by atoms with Gasteiger partial charge in [0.1, 0.15) is 0 Å². The molecule has 13 heavy (non-hydrogen) atoms. The maximum absolute atomic E-state index is 11.3. The lowest BCUT2D eigenvalue weighted by molar-refractivity contribution is -0.143. The third kappa shape index (κ3) is 0.758. The smallest absolute Gasteiger partial charge is 0.309 e. The summed E-state index contributed by atoms with van der Waals surface area (Å²) in [5.41, 5.74) is 0. The van der Waals surface area contributed by atoms with Crippen molar-refractivity contribution in [1.82, 2.24) is 0 Å². The number of carbonyl (C=O) groups is 1. The van der Waals surface area contributed by atoms with Crippen molar-refractivity contribution in [3.05, 3.63) is 0 Å². The molecular weight excluding hydrogens is 172 g/mol. The molecule has 2 saturated carbocycles. The number of aliphatic hydroxyl groups is 2. The summed E-state index contributed by atoms with van der Waals surface area (Å²) in [7, 11) is 0. The molecule has 1 heterocycles. The first-order chi connectivity index (χ1) is 6.20. The van der Waals surface area contributed by atoms with Gasteiger partial charge in [-0.05, 0) is 6.42 Å². The molecular formula is C9H12O4. The van der Waals surface area contributed by atoms with Gasteiger partial charge in [0.05, 0.1) is 24.7 Å². The Morgan fingerprint density at radius 3 is 2.85 bits per heavy atom. The summed E-state index contributed by atoms with van der Waals surface area (Å²) in [5, 5.41) is 19.4. The number of carbonyl (C=O) groups excluding carboxylic acids is 1. The molecule has 0 spiro atoms. The summed E-state index contributed by atoms with van der Waals surface area (Å²) in [6, 6.07) is 0. The molecule has 6 atom stereocenters. The number of aliphatic hydroxyl groups excluding tert-OH is 2. The van der Waals surface area contributed by atoms with E-state index in [0.29, 0.717) is 13.0 Å². The van der Waals surface area contributed by atoms with E-state index in [-0.39, 0.29) is 29.6 Å². The SMILES string of the molecule is O=C1OC[C@@H]2[C@H]1[C@@H]1C[C@H](O)[C@@H]2[C@@H]1O. The Balaban J connectivity index is 1.98. The predicted molar refractivity (Wildman–Crippen MR) is 41.5 cm³/mol. The first-order valence-corrected chi connectivity index (χ1v) is 4.73. The third-order valence-corrected chi connectivity index (χ3v) is 3.90. The van der Waals surface area contributed by atoms with Gasteiger partial charge in [-0.15, -0.1) is 0 Å². The van der Waals surface area contributed by atoms with E-state index in [4.69, 9.17) is 4.74 Å². The van der Waals surface area contributed by atoms with Gasteiger partial charge >= 0.3 is 5.97 Å². The van der Waals surface area contributed by atoms with Crippen LogP contribution in [0.5, 0.6) is 0 Å². The second-order valence-electron chi connectivity index (χ2n) is 4.35. The Kier molecular flexibility index (Phi) is 1.34. The zero-order chi connectivity index (χ0) is 9.16. The molecule has 72 valence electrons. The Morgan fingerprint density at radius 1 is 1.31 bits per heavy atom. The standard InChI is InChI=1S/C9H12O4/c10-5-1-3-6-4(2-13-9(6)12)7(5)8(3)11/h3-8,10-11H,1-2H2/t3-,4+,5-,6+,7+,8+/m0/s1. The van der Waals surface area contributed by atoms with E-state index in [1.165, 1.54) is 0 Å². The monoisotopic (exact) mass is 184 g/mol. The minimum absolute atomic E-state index is 0.0556. The van der Waals surface area contributed by atoms with Gasteiger partial charge in [0.2, 0.25) is 0 Å². The van der Waals surface area contributed by atoms with Gasteiger partial charge in [-0.2, -0.15) is 0 Å². The first-order valence-electron chi connectivity index (χ1n) is 4.73. The predicted octanol–water partition coefficient (Wildman–Crippen LogP) is -0.853. The second-order valence-corrected chi connectivity index (χ2v) is 4.35. The van der Waals surface area contributed by atoms with Crippen molar-refractivity contribution in [2.45, 2.75) is 18.6 Å². The number of cyclic esters (lactones) is 1. The van der Waals surface area contributed by atoms with E-state index in [0.717, 1.165) is 0 Å². The highest BCUT2D eigenvalue weighted by Gasteiger charge is 2.63. The molecule has 1 aliphatic heterocycles. The van der Waals surface area contributed by atoms with Crippen molar-refractivity contribution in [3.63, 3.8) is 0 Å². The topological polar surface area (TPSA) is 66.8 Å². The molecule has 0 aromatic heterocycles. The summed E-state index contributed by atoms with van der Waals surface area (Å²) in [6.45, 7) is 0.388. The molecule has 2 aliphatic carbocycles. The lowest BCUT2D eigenvalue weighted by Gasteiger charge is -2.23. The molecule has 1 saturated heterocycles. The molecule has 4 heteroatoms. The summed E-state index contributed by atoms with van der Waals surface area (Å²) in [6.07, 6.45) is -0.365. The van der Waals surface area contributed by atoms with Crippen molar-refractivity contribution in [3.8, 4) is 0 Å². The number of hydrogen-bond donors (Lipinski definition) is 2. The fourth-order valence-corrected chi connectivity index (χ4v) is 3.38. The quantitative estimate of drug-likeness (QED) is 0.481. The molecule has 3 fully saturated rings. The highest BCUT2D eigenvalue weighted by Crippen LogP contribution is 2.55. The molecule has 4 nitrogen and oxygen atoms in total. The van der Waals surface area contributed by atoms with Crippen molar-refractivity contribution < 1.29 is 19.7 Å². The fraction of sp³-hybridized carbons (Fsp3) is 0.889. The van der Waals surface area contributed by atoms with Crippen LogP contribution in [0.1, 0.15) is 6.42 Å². The summed E-state index contributed by atoms with van der Waals surface area (Å²) in [5.74, 6) is -0.426. The van der Waals surface area contributed by atoms with Crippen LogP contribution in [0, 0.1) is 23.7 Å². The van der Waals surface area contributed by atoms with Gasteiger partial charge in [0, 0.05) is 17.8 Å². The number of hydrogen-bond acceptors (Lipinski definition) is 4. The van der Waals surface area contributed by atoms with E-state index in [1.807, 2.05) is 0 Å². The molecule has 0 aromatic rings. The van der Waals surface area contributed by atoms with E-state index in [2.05, 4.69) is 0 Å². The van der Waals surface area contributed by atoms with Crippen molar-refractivity contribution in [2.24, 2.45) is 23.7 Å². The maximum atomic E-state index is 11.3. The van der Waals surface area contributed by atoms with Gasteiger partial charge in [0.25, 0.3) is 0 Å². The second kappa shape index (κ2) is 2.25. The van der Waals surface area contributed by atoms with E-state index in [1.54, 1.807) is 0 Å². The normalized spacial score (nSPS) is 58.2. The van der Waals surface area contributed by atoms with E-state index in [9.17, 15) is 15.0 Å². The number of esters is 1. The average molecular weight is 184 g/mol. The van der Waals surface area contributed by atoms with Crippen LogP contribution in [-0.4, -0.2) is 35.0 Å². The lowest BCUT2D eigenvalue weighted by atomic mass is 9.80. The number of ether oxygens (including phenoxy) is 1. The molecule has 0 unspecified atom stereocenters. The van der Waals surface area contributed by atoms with Crippen LogP contribution in [-0.2, 0) is 9.53 Å². The van der Waals surface area contributed by atoms with Crippen molar-refractivity contribution in [1.29, 1.82) is 0 Å². The van der Waals surface area contributed by atoms with Crippen LogP contribution < -0.4 is 0 Å². The van der Waals surface area contributed by atoms with Crippen LogP contribution >= 0.6 is 0 Å². The zero-order valence-electron chi connectivity index (χ0n) is 7.09. The van der Waals surface area contributed by atoms with Gasteiger partial charge < -0.3 is 14.9 Å². The lowest BCUT2D eigenvalue weighted by Crippen LogP contribution is -2.31. The van der Waals surface area contributed by atoms with Gasteiger partial charge in [-0.1, -0.05) is 0 Å². The minimum atomic E-state index is -0.488. The average Bonchev–Trinajstić information content (AvgIpc) is 2.64. The van der Waals surface area contributed by atoms with Crippen LogP contribution in [0.2, 0.25) is 0 Å². The Labute approximate surface area is 75.5 Å². The highest BCUT2D eigenvalue weighted by atomic mass is 16.5. The van der Waals surface area contributed by atoms with Crippen molar-refractivity contribution in [2.75, 3.05) is 6.61 Å². The van der Waals surface area contributed by atoms with E-state index >= 15 is 0 Å². The van der Waals surface area contributed by atoms with Crippen molar-refractivity contribution >= 4 is 5.97 Å². The van der Waals surface area contributed by atoms with Gasteiger partial charge in [0.15, 0.2) is 0 Å². The zero-order valence-corrected chi connectivity index (χ0v) is 7.09. The maximum Gasteiger partial charge on any atom is 0.309 e. The first kappa shape index (κ1) is 7.76. The molecule has 3 aliphatic rings. The number of fused-ring (bicyclic) bond motifs is 5. The molecule has 2 bridgehead atoms. The minimum Gasteiger partial charge on any atom is -0.465 e. The highest BCUT2D eigenvalue weighted by molar-refractivity contribution is 5.76. The fourth-order valence-electron chi connectivity index (χ4n) is 3.38. The van der Waals surface area contributed by atoms with Crippen LogP contribution in [0.25, 0.3) is 0 Å². The Hall–Kier alpha value is -0.610. The molecule has 2 N–H and O–H groups in total. The van der Waals surface area contributed by atoms with Crippen LogP contribution in [0.4, 0.5) is 0 Å². The Bertz CT molecular complexity index is 262. The molecule has 3 rings (SSSR count). The molecule has 0 aromatic carbocycles. The van der Waals surface area contributed by atoms with Gasteiger partial charge in [-0.25, -0.2) is 0 Å². The summed E-state index contributed by atoms with van der Waals surface area (Å²) < 4.78 is 4.94. The summed E-state index contributed by atoms with van der Waals surface area (Å²) >= 11 is 0.